The predicted octanol–water partition coefficient (Wildman–Crippen LogP) is 5.23. The van der Waals surface area contributed by atoms with Crippen molar-refractivity contribution in [3.8, 4) is 0 Å². The summed E-state index contributed by atoms with van der Waals surface area (Å²) in [6, 6.07) is 15.7. The Kier molecular flexibility index (Phi) is 4.84. The molecule has 0 saturated carbocycles. The molecule has 1 aliphatic heterocycles. The largest absolute Gasteiger partial charge is 0.394 e. The maximum Gasteiger partial charge on any atom is 0.126 e. The molecule has 0 spiro atoms. The summed E-state index contributed by atoms with van der Waals surface area (Å²) in [6.07, 6.45) is 3.28. The van der Waals surface area contributed by atoms with Crippen molar-refractivity contribution < 1.29 is 14.2 Å². The minimum absolute atomic E-state index is 0.0480. The summed E-state index contributed by atoms with van der Waals surface area (Å²) >= 11 is 1.72. The van der Waals surface area contributed by atoms with E-state index < -0.39 is 0 Å². The van der Waals surface area contributed by atoms with E-state index in [9.17, 15) is 9.50 Å². The summed E-state index contributed by atoms with van der Waals surface area (Å²) in [5, 5.41) is 10.5. The quantitative estimate of drug-likeness (QED) is 0.693. The van der Waals surface area contributed by atoms with E-state index in [1.54, 1.807) is 17.4 Å². The standard InChI is InChI=1S/C21H21FO2S/c22-19-9-8-14(20-6-3-5-17(13-23)24-20)10-16(19)12-18-11-15-4-1-2-7-21(15)25-18/h1-2,4,7-11,17,20,23H,3,5-6,12-13H2. The van der Waals surface area contributed by atoms with Crippen LogP contribution >= 0.6 is 11.3 Å². The Hall–Kier alpha value is -1.75. The second-order valence-electron chi connectivity index (χ2n) is 6.64. The van der Waals surface area contributed by atoms with E-state index in [4.69, 9.17) is 4.74 Å². The third kappa shape index (κ3) is 3.61. The molecule has 2 heterocycles. The van der Waals surface area contributed by atoms with Crippen molar-refractivity contribution in [2.45, 2.75) is 37.9 Å². The molecule has 4 heteroatoms. The van der Waals surface area contributed by atoms with Gasteiger partial charge in [-0.15, -0.1) is 11.3 Å². The molecule has 0 bridgehead atoms. The molecule has 0 radical (unpaired) electrons. The summed E-state index contributed by atoms with van der Waals surface area (Å²) in [7, 11) is 0. The highest BCUT2D eigenvalue weighted by atomic mass is 32.1. The van der Waals surface area contributed by atoms with Crippen molar-refractivity contribution in [1.82, 2.24) is 0 Å². The lowest BCUT2D eigenvalue weighted by Crippen LogP contribution is -2.25. The van der Waals surface area contributed by atoms with E-state index in [-0.39, 0.29) is 24.6 Å². The van der Waals surface area contributed by atoms with Crippen molar-refractivity contribution in [2.75, 3.05) is 6.61 Å². The highest BCUT2D eigenvalue weighted by molar-refractivity contribution is 7.19. The summed E-state index contributed by atoms with van der Waals surface area (Å²) < 4.78 is 21.5. The number of hydrogen-bond donors (Lipinski definition) is 1. The fourth-order valence-electron chi connectivity index (χ4n) is 3.52. The van der Waals surface area contributed by atoms with Gasteiger partial charge in [-0.05, 0) is 60.0 Å². The summed E-state index contributed by atoms with van der Waals surface area (Å²) in [5.74, 6) is -0.171. The number of fused-ring (bicyclic) bond motifs is 1. The normalized spacial score (nSPS) is 20.9. The number of aliphatic hydroxyl groups is 1. The SMILES string of the molecule is OCC1CCCC(c2ccc(F)c(Cc3cc4ccccc4s3)c2)O1. The van der Waals surface area contributed by atoms with Gasteiger partial charge < -0.3 is 9.84 Å². The summed E-state index contributed by atoms with van der Waals surface area (Å²) in [4.78, 5) is 1.16. The van der Waals surface area contributed by atoms with Gasteiger partial charge in [0.15, 0.2) is 0 Å². The number of aliphatic hydroxyl groups excluding tert-OH is 1. The molecule has 2 atom stereocenters. The summed E-state index contributed by atoms with van der Waals surface area (Å²) in [6.45, 7) is 0.0480. The van der Waals surface area contributed by atoms with Crippen LogP contribution < -0.4 is 0 Å². The average molecular weight is 356 g/mol. The van der Waals surface area contributed by atoms with E-state index in [0.29, 0.717) is 12.0 Å². The molecule has 1 N–H and O–H groups in total. The molecule has 1 aliphatic rings. The first-order chi connectivity index (χ1) is 12.2. The average Bonchev–Trinajstić information content (AvgIpc) is 3.06. The molecule has 2 unspecified atom stereocenters. The molecule has 25 heavy (non-hydrogen) atoms. The van der Waals surface area contributed by atoms with Crippen LogP contribution in [0.25, 0.3) is 10.1 Å². The molecule has 0 amide bonds. The molecule has 3 aromatic rings. The minimum atomic E-state index is -0.171. The van der Waals surface area contributed by atoms with Gasteiger partial charge in [0.1, 0.15) is 5.82 Å². The zero-order valence-electron chi connectivity index (χ0n) is 14.0. The number of benzene rings is 2. The lowest BCUT2D eigenvalue weighted by atomic mass is 9.96. The van der Waals surface area contributed by atoms with Crippen LogP contribution in [0.15, 0.2) is 48.5 Å². The first-order valence-corrected chi connectivity index (χ1v) is 9.56. The minimum Gasteiger partial charge on any atom is -0.394 e. The van der Waals surface area contributed by atoms with Crippen LogP contribution in [-0.4, -0.2) is 17.8 Å². The van der Waals surface area contributed by atoms with E-state index in [1.807, 2.05) is 24.3 Å². The van der Waals surface area contributed by atoms with Gasteiger partial charge in [0.05, 0.1) is 18.8 Å². The van der Waals surface area contributed by atoms with Crippen molar-refractivity contribution in [3.63, 3.8) is 0 Å². The third-order valence-electron chi connectivity index (χ3n) is 4.84. The van der Waals surface area contributed by atoms with E-state index in [2.05, 4.69) is 18.2 Å². The Morgan fingerprint density at radius 3 is 2.84 bits per heavy atom. The molecule has 0 aliphatic carbocycles. The van der Waals surface area contributed by atoms with E-state index in [1.165, 1.54) is 10.1 Å². The fourth-order valence-corrected chi connectivity index (χ4v) is 4.61. The zero-order valence-corrected chi connectivity index (χ0v) is 14.8. The van der Waals surface area contributed by atoms with Crippen molar-refractivity contribution in [2.24, 2.45) is 0 Å². The Bertz CT molecular complexity index is 840. The van der Waals surface area contributed by atoms with Crippen LogP contribution in [0.1, 0.15) is 41.4 Å². The lowest BCUT2D eigenvalue weighted by Gasteiger charge is -2.29. The van der Waals surface area contributed by atoms with Gasteiger partial charge in [0.25, 0.3) is 0 Å². The topological polar surface area (TPSA) is 29.5 Å². The highest BCUT2D eigenvalue weighted by Gasteiger charge is 2.23. The molecule has 1 aromatic heterocycles. The number of rotatable bonds is 4. The van der Waals surface area contributed by atoms with Crippen molar-refractivity contribution in [3.05, 3.63) is 70.4 Å². The van der Waals surface area contributed by atoms with Gasteiger partial charge in [0.2, 0.25) is 0 Å². The molecule has 4 rings (SSSR count). The molecule has 2 aromatic carbocycles. The van der Waals surface area contributed by atoms with Gasteiger partial charge in [-0.2, -0.15) is 0 Å². The summed E-state index contributed by atoms with van der Waals surface area (Å²) in [5.41, 5.74) is 1.72. The Balaban J connectivity index is 1.59. The van der Waals surface area contributed by atoms with Crippen LogP contribution in [0.3, 0.4) is 0 Å². The monoisotopic (exact) mass is 356 g/mol. The predicted molar refractivity (Wildman–Crippen MR) is 99.6 cm³/mol. The zero-order chi connectivity index (χ0) is 17.2. The number of hydrogen-bond acceptors (Lipinski definition) is 3. The second kappa shape index (κ2) is 7.24. The smallest absolute Gasteiger partial charge is 0.126 e. The number of ether oxygens (including phenoxy) is 1. The molecule has 130 valence electrons. The first kappa shape index (κ1) is 16.7. The molecular formula is C21H21FO2S. The van der Waals surface area contributed by atoms with Gasteiger partial charge in [0, 0.05) is 16.0 Å². The number of halogens is 1. The van der Waals surface area contributed by atoms with Crippen LogP contribution in [0.2, 0.25) is 0 Å². The fraction of sp³-hybridized carbons (Fsp3) is 0.333. The van der Waals surface area contributed by atoms with Crippen molar-refractivity contribution in [1.29, 1.82) is 0 Å². The third-order valence-corrected chi connectivity index (χ3v) is 5.95. The maximum atomic E-state index is 14.3. The molecule has 1 saturated heterocycles. The second-order valence-corrected chi connectivity index (χ2v) is 7.81. The van der Waals surface area contributed by atoms with Crippen LogP contribution in [0.4, 0.5) is 4.39 Å². The highest BCUT2D eigenvalue weighted by Crippen LogP contribution is 2.33. The van der Waals surface area contributed by atoms with Crippen LogP contribution in [0.5, 0.6) is 0 Å². The van der Waals surface area contributed by atoms with Crippen molar-refractivity contribution >= 4 is 21.4 Å². The Morgan fingerprint density at radius 1 is 1.12 bits per heavy atom. The Morgan fingerprint density at radius 2 is 2.00 bits per heavy atom. The van der Waals surface area contributed by atoms with Gasteiger partial charge in [-0.25, -0.2) is 4.39 Å². The number of thiophene rings is 1. The molecule has 1 fully saturated rings. The maximum absolute atomic E-state index is 14.3. The molecule has 2 nitrogen and oxygen atoms in total. The Labute approximate surface area is 150 Å². The van der Waals surface area contributed by atoms with Crippen LogP contribution in [0, 0.1) is 5.82 Å². The molecular weight excluding hydrogens is 335 g/mol. The van der Waals surface area contributed by atoms with Gasteiger partial charge in [-0.1, -0.05) is 24.3 Å². The van der Waals surface area contributed by atoms with Crippen LogP contribution in [-0.2, 0) is 11.2 Å². The van der Waals surface area contributed by atoms with E-state index >= 15 is 0 Å². The first-order valence-electron chi connectivity index (χ1n) is 8.75. The lowest BCUT2D eigenvalue weighted by molar-refractivity contribution is -0.0737. The van der Waals surface area contributed by atoms with Gasteiger partial charge >= 0.3 is 0 Å². The van der Waals surface area contributed by atoms with Gasteiger partial charge in [-0.3, -0.25) is 0 Å². The van der Waals surface area contributed by atoms with E-state index in [0.717, 1.165) is 29.7 Å².